The summed E-state index contributed by atoms with van der Waals surface area (Å²) in [6.07, 6.45) is 0.695. The minimum Gasteiger partial charge on any atom is -0.339 e. The first kappa shape index (κ1) is 17.2. The predicted octanol–water partition coefficient (Wildman–Crippen LogP) is 2.09. The molecule has 5 heteroatoms. The van der Waals surface area contributed by atoms with Crippen LogP contribution in [0.25, 0.3) is 0 Å². The largest absolute Gasteiger partial charge is 0.339 e. The van der Waals surface area contributed by atoms with Crippen molar-refractivity contribution in [2.75, 3.05) is 25.0 Å². The van der Waals surface area contributed by atoms with E-state index in [1.807, 2.05) is 20.8 Å². The summed E-state index contributed by atoms with van der Waals surface area (Å²) in [4.78, 5) is 26.0. The van der Waals surface area contributed by atoms with E-state index in [-0.39, 0.29) is 17.7 Å². The Kier molecular flexibility index (Phi) is 6.88. The second-order valence-electron chi connectivity index (χ2n) is 4.89. The minimum absolute atomic E-state index is 0.0260. The molecule has 1 aromatic rings. The van der Waals surface area contributed by atoms with Crippen molar-refractivity contribution in [2.24, 2.45) is 11.7 Å². The summed E-state index contributed by atoms with van der Waals surface area (Å²) in [7, 11) is 0. The SMILES string of the molecule is CCC(CN)C(=O)Nc1cccc(C(=O)N(CC)CC)c1. The zero-order chi connectivity index (χ0) is 15.8. The maximum Gasteiger partial charge on any atom is 0.253 e. The average Bonchev–Trinajstić information content (AvgIpc) is 2.49. The number of nitrogens with two attached hydrogens (primary N) is 1. The molecular formula is C16H25N3O2. The van der Waals surface area contributed by atoms with Crippen molar-refractivity contribution in [3.63, 3.8) is 0 Å². The van der Waals surface area contributed by atoms with E-state index in [9.17, 15) is 9.59 Å². The maximum atomic E-state index is 12.3. The van der Waals surface area contributed by atoms with Gasteiger partial charge in [-0.2, -0.15) is 0 Å². The smallest absolute Gasteiger partial charge is 0.253 e. The number of nitrogens with zero attached hydrogens (tertiary/aromatic N) is 1. The lowest BCUT2D eigenvalue weighted by molar-refractivity contribution is -0.119. The Morgan fingerprint density at radius 3 is 2.43 bits per heavy atom. The molecule has 5 nitrogen and oxygen atoms in total. The van der Waals surface area contributed by atoms with Gasteiger partial charge >= 0.3 is 0 Å². The number of hydrogen-bond donors (Lipinski definition) is 2. The second kappa shape index (κ2) is 8.42. The van der Waals surface area contributed by atoms with Gasteiger partial charge in [0.1, 0.15) is 0 Å². The van der Waals surface area contributed by atoms with Crippen molar-refractivity contribution in [3.05, 3.63) is 29.8 Å². The summed E-state index contributed by atoms with van der Waals surface area (Å²) in [6, 6.07) is 7.02. The number of hydrogen-bond acceptors (Lipinski definition) is 3. The highest BCUT2D eigenvalue weighted by Crippen LogP contribution is 2.14. The van der Waals surface area contributed by atoms with Crippen LogP contribution in [0.4, 0.5) is 5.69 Å². The van der Waals surface area contributed by atoms with Crippen molar-refractivity contribution in [2.45, 2.75) is 27.2 Å². The highest BCUT2D eigenvalue weighted by atomic mass is 16.2. The van der Waals surface area contributed by atoms with E-state index in [1.54, 1.807) is 29.2 Å². The number of rotatable bonds is 7. The second-order valence-corrected chi connectivity index (χ2v) is 4.89. The summed E-state index contributed by atoms with van der Waals surface area (Å²) >= 11 is 0. The molecule has 0 bridgehead atoms. The Bertz CT molecular complexity index is 480. The third-order valence-corrected chi connectivity index (χ3v) is 3.58. The summed E-state index contributed by atoms with van der Waals surface area (Å²) in [5.74, 6) is -0.332. The zero-order valence-electron chi connectivity index (χ0n) is 13.1. The molecular weight excluding hydrogens is 266 g/mol. The number of anilines is 1. The molecule has 116 valence electrons. The molecule has 1 atom stereocenters. The first-order valence-electron chi connectivity index (χ1n) is 7.47. The van der Waals surface area contributed by atoms with E-state index in [4.69, 9.17) is 5.73 Å². The summed E-state index contributed by atoms with van der Waals surface area (Å²) in [5.41, 5.74) is 6.78. The van der Waals surface area contributed by atoms with Crippen LogP contribution < -0.4 is 11.1 Å². The molecule has 0 saturated carbocycles. The lowest BCUT2D eigenvalue weighted by Crippen LogP contribution is -2.31. The molecule has 0 fully saturated rings. The van der Waals surface area contributed by atoms with Crippen molar-refractivity contribution < 1.29 is 9.59 Å². The molecule has 0 aliphatic carbocycles. The Balaban J connectivity index is 2.86. The van der Waals surface area contributed by atoms with E-state index >= 15 is 0 Å². The third kappa shape index (κ3) is 4.56. The van der Waals surface area contributed by atoms with Crippen LogP contribution in [0.2, 0.25) is 0 Å². The molecule has 1 rings (SSSR count). The van der Waals surface area contributed by atoms with Crippen LogP contribution in [-0.4, -0.2) is 36.3 Å². The molecule has 0 spiro atoms. The van der Waals surface area contributed by atoms with Crippen LogP contribution in [0.3, 0.4) is 0 Å². The maximum absolute atomic E-state index is 12.3. The first-order valence-corrected chi connectivity index (χ1v) is 7.47. The quantitative estimate of drug-likeness (QED) is 0.807. The minimum atomic E-state index is -0.202. The standard InChI is InChI=1S/C16H25N3O2/c1-4-12(11-17)15(20)18-14-9-7-8-13(10-14)16(21)19(5-2)6-3/h7-10,12H,4-6,11,17H2,1-3H3,(H,18,20). The van der Waals surface area contributed by atoms with E-state index < -0.39 is 0 Å². The lowest BCUT2D eigenvalue weighted by Gasteiger charge is -2.19. The number of carbonyl (C=O) groups is 2. The Morgan fingerprint density at radius 1 is 1.24 bits per heavy atom. The van der Waals surface area contributed by atoms with Crippen LogP contribution in [0.1, 0.15) is 37.6 Å². The molecule has 1 unspecified atom stereocenters. The summed E-state index contributed by atoms with van der Waals surface area (Å²) in [6.45, 7) is 7.46. The molecule has 3 N–H and O–H groups in total. The fourth-order valence-electron chi connectivity index (χ4n) is 2.13. The zero-order valence-corrected chi connectivity index (χ0v) is 13.1. The predicted molar refractivity (Wildman–Crippen MR) is 85.2 cm³/mol. The molecule has 0 saturated heterocycles. The van der Waals surface area contributed by atoms with Crippen LogP contribution in [0, 0.1) is 5.92 Å². The number of benzene rings is 1. The van der Waals surface area contributed by atoms with Gasteiger partial charge in [0.05, 0.1) is 5.92 Å². The van der Waals surface area contributed by atoms with Crippen LogP contribution in [-0.2, 0) is 4.79 Å². The Hall–Kier alpha value is -1.88. The fourth-order valence-corrected chi connectivity index (χ4v) is 2.13. The van der Waals surface area contributed by atoms with Gasteiger partial charge in [-0.15, -0.1) is 0 Å². The number of amides is 2. The van der Waals surface area contributed by atoms with E-state index in [0.717, 1.165) is 0 Å². The Labute approximate surface area is 126 Å². The van der Waals surface area contributed by atoms with Gasteiger partial charge in [-0.25, -0.2) is 0 Å². The van der Waals surface area contributed by atoms with Gasteiger partial charge in [0.25, 0.3) is 5.91 Å². The van der Waals surface area contributed by atoms with Gasteiger partial charge in [0.15, 0.2) is 0 Å². The molecule has 0 aliphatic heterocycles. The summed E-state index contributed by atoms with van der Waals surface area (Å²) in [5, 5.41) is 2.82. The van der Waals surface area contributed by atoms with Crippen molar-refractivity contribution in [3.8, 4) is 0 Å². The Morgan fingerprint density at radius 2 is 1.90 bits per heavy atom. The number of carbonyl (C=O) groups excluding carboxylic acids is 2. The highest BCUT2D eigenvalue weighted by Gasteiger charge is 2.16. The first-order chi connectivity index (χ1) is 10.1. The van der Waals surface area contributed by atoms with Gasteiger partial charge in [0, 0.05) is 30.9 Å². The van der Waals surface area contributed by atoms with Crippen molar-refractivity contribution in [1.82, 2.24) is 4.90 Å². The van der Waals surface area contributed by atoms with E-state index in [2.05, 4.69) is 5.32 Å². The molecule has 0 aliphatic rings. The average molecular weight is 291 g/mol. The van der Waals surface area contributed by atoms with E-state index in [1.165, 1.54) is 0 Å². The van der Waals surface area contributed by atoms with Gasteiger partial charge < -0.3 is 16.0 Å². The molecule has 1 aromatic carbocycles. The number of nitrogens with one attached hydrogen (secondary N) is 1. The lowest BCUT2D eigenvalue weighted by atomic mass is 10.1. The molecule has 0 heterocycles. The van der Waals surface area contributed by atoms with Gasteiger partial charge in [-0.05, 0) is 38.5 Å². The molecule has 2 amide bonds. The van der Waals surface area contributed by atoms with Gasteiger partial charge in [0.2, 0.25) is 5.91 Å². The topological polar surface area (TPSA) is 75.4 Å². The van der Waals surface area contributed by atoms with Crippen LogP contribution in [0.5, 0.6) is 0 Å². The van der Waals surface area contributed by atoms with Gasteiger partial charge in [-0.3, -0.25) is 9.59 Å². The van der Waals surface area contributed by atoms with E-state index in [0.29, 0.717) is 37.3 Å². The molecule has 0 radical (unpaired) electrons. The van der Waals surface area contributed by atoms with Crippen molar-refractivity contribution in [1.29, 1.82) is 0 Å². The summed E-state index contributed by atoms with van der Waals surface area (Å²) < 4.78 is 0. The van der Waals surface area contributed by atoms with Crippen molar-refractivity contribution >= 4 is 17.5 Å². The van der Waals surface area contributed by atoms with Crippen LogP contribution >= 0.6 is 0 Å². The fraction of sp³-hybridized carbons (Fsp3) is 0.500. The monoisotopic (exact) mass is 291 g/mol. The highest BCUT2D eigenvalue weighted by molar-refractivity contribution is 5.97. The molecule has 0 aromatic heterocycles. The molecule has 21 heavy (non-hydrogen) atoms. The normalized spacial score (nSPS) is 11.8. The van der Waals surface area contributed by atoms with Crippen LogP contribution in [0.15, 0.2) is 24.3 Å². The van der Waals surface area contributed by atoms with Gasteiger partial charge in [-0.1, -0.05) is 13.0 Å². The third-order valence-electron chi connectivity index (χ3n) is 3.58.